The summed E-state index contributed by atoms with van der Waals surface area (Å²) in [5.41, 5.74) is 0.859. The second kappa shape index (κ2) is 7.13. The van der Waals surface area contributed by atoms with Crippen molar-refractivity contribution in [1.29, 1.82) is 0 Å². The second-order valence-corrected chi connectivity index (χ2v) is 8.72. The van der Waals surface area contributed by atoms with Crippen LogP contribution in [0.15, 0.2) is 0 Å². The van der Waals surface area contributed by atoms with Gasteiger partial charge in [-0.2, -0.15) is 0 Å². The normalized spacial score (nSPS) is 19.7. The third-order valence-electron chi connectivity index (χ3n) is 5.56. The lowest BCUT2D eigenvalue weighted by Crippen LogP contribution is -2.50. The Labute approximate surface area is 160 Å². The van der Waals surface area contributed by atoms with Crippen molar-refractivity contribution in [3.05, 3.63) is 11.4 Å². The molecule has 0 unspecified atom stereocenters. The highest BCUT2D eigenvalue weighted by Gasteiger charge is 2.48. The molecule has 0 aromatic carbocycles. The predicted molar refractivity (Wildman–Crippen MR) is 98.5 cm³/mol. The first-order valence-electron chi connectivity index (χ1n) is 9.71. The molecule has 2 fully saturated rings. The van der Waals surface area contributed by atoms with Crippen LogP contribution in [0.1, 0.15) is 75.6 Å². The quantitative estimate of drug-likeness (QED) is 0.751. The van der Waals surface area contributed by atoms with Gasteiger partial charge in [-0.05, 0) is 65.7 Å². The Kier molecular flexibility index (Phi) is 5.18. The van der Waals surface area contributed by atoms with Gasteiger partial charge in [0.2, 0.25) is 0 Å². The molecule has 1 saturated carbocycles. The van der Waals surface area contributed by atoms with Gasteiger partial charge in [-0.25, -0.2) is 14.3 Å². The molecule has 2 heterocycles. The summed E-state index contributed by atoms with van der Waals surface area (Å²) < 4.78 is 12.4. The largest absolute Gasteiger partial charge is 0.461 e. The van der Waals surface area contributed by atoms with Crippen LogP contribution in [0.5, 0.6) is 0 Å². The first kappa shape index (κ1) is 19.6. The van der Waals surface area contributed by atoms with Gasteiger partial charge in [0.15, 0.2) is 5.69 Å². The maximum atomic E-state index is 12.2. The minimum absolute atomic E-state index is 0.223. The average molecular weight is 378 g/mol. The molecule has 150 valence electrons. The van der Waals surface area contributed by atoms with Crippen LogP contribution in [-0.2, 0) is 9.47 Å². The maximum Gasteiger partial charge on any atom is 0.410 e. The van der Waals surface area contributed by atoms with Crippen LogP contribution < -0.4 is 0 Å². The molecular formula is C19H30N4O4. The van der Waals surface area contributed by atoms with E-state index in [0.717, 1.165) is 44.5 Å². The van der Waals surface area contributed by atoms with Gasteiger partial charge >= 0.3 is 12.1 Å². The molecule has 1 spiro atoms. The van der Waals surface area contributed by atoms with Crippen LogP contribution in [0, 0.1) is 12.3 Å². The van der Waals surface area contributed by atoms with Crippen molar-refractivity contribution in [3.63, 3.8) is 0 Å². The topological polar surface area (TPSA) is 86.5 Å². The molecule has 0 N–H and O–H groups in total. The minimum atomic E-state index is -0.463. The molecule has 27 heavy (non-hydrogen) atoms. The van der Waals surface area contributed by atoms with Gasteiger partial charge in [0.25, 0.3) is 0 Å². The highest BCUT2D eigenvalue weighted by atomic mass is 16.6. The number of esters is 1. The molecule has 2 aliphatic rings. The fraction of sp³-hybridized carbons (Fsp3) is 0.789. The molecule has 3 rings (SSSR count). The number of rotatable bonds is 3. The smallest absolute Gasteiger partial charge is 0.410 e. The van der Waals surface area contributed by atoms with Crippen LogP contribution in [0.25, 0.3) is 0 Å². The van der Waals surface area contributed by atoms with Crippen molar-refractivity contribution in [2.24, 2.45) is 5.41 Å². The molecule has 0 radical (unpaired) electrons. The minimum Gasteiger partial charge on any atom is -0.461 e. The third kappa shape index (κ3) is 4.09. The number of carbonyl (C=O) groups excluding carboxylic acids is 2. The van der Waals surface area contributed by atoms with Crippen molar-refractivity contribution in [2.45, 2.75) is 71.9 Å². The summed E-state index contributed by atoms with van der Waals surface area (Å²) in [6.07, 6.45) is 3.73. The van der Waals surface area contributed by atoms with Gasteiger partial charge in [-0.1, -0.05) is 5.21 Å². The van der Waals surface area contributed by atoms with Gasteiger partial charge in [-0.15, -0.1) is 5.10 Å². The molecule has 8 nitrogen and oxygen atoms in total. The van der Waals surface area contributed by atoms with Gasteiger partial charge in [0.05, 0.1) is 18.3 Å². The Morgan fingerprint density at radius 3 is 2.41 bits per heavy atom. The second-order valence-electron chi connectivity index (χ2n) is 8.72. The Balaban J connectivity index is 1.55. The maximum absolute atomic E-state index is 12.2. The molecule has 1 aliphatic carbocycles. The Morgan fingerprint density at radius 1 is 1.22 bits per heavy atom. The fourth-order valence-corrected chi connectivity index (χ4v) is 4.09. The molecule has 1 aliphatic heterocycles. The van der Waals surface area contributed by atoms with E-state index in [0.29, 0.717) is 12.3 Å². The molecule has 8 heteroatoms. The van der Waals surface area contributed by atoms with Gasteiger partial charge in [0, 0.05) is 13.1 Å². The van der Waals surface area contributed by atoms with Crippen LogP contribution in [0.4, 0.5) is 4.79 Å². The van der Waals surface area contributed by atoms with Crippen molar-refractivity contribution in [3.8, 4) is 0 Å². The van der Waals surface area contributed by atoms with Crippen molar-refractivity contribution < 1.29 is 19.1 Å². The summed E-state index contributed by atoms with van der Waals surface area (Å²) in [5.74, 6) is -0.416. The zero-order valence-electron chi connectivity index (χ0n) is 16.9. The number of hydrogen-bond acceptors (Lipinski definition) is 6. The number of aromatic nitrogens is 3. The summed E-state index contributed by atoms with van der Waals surface area (Å²) in [6, 6.07) is 0.258. The molecule has 1 saturated heterocycles. The fourth-order valence-electron chi connectivity index (χ4n) is 4.09. The molecule has 1 amide bonds. The zero-order valence-corrected chi connectivity index (χ0v) is 16.9. The number of carbonyl (C=O) groups is 2. The third-order valence-corrected chi connectivity index (χ3v) is 5.56. The van der Waals surface area contributed by atoms with E-state index in [1.165, 1.54) is 0 Å². The van der Waals surface area contributed by atoms with E-state index in [4.69, 9.17) is 9.47 Å². The van der Waals surface area contributed by atoms with Gasteiger partial charge in [0.1, 0.15) is 5.60 Å². The first-order chi connectivity index (χ1) is 12.6. The summed E-state index contributed by atoms with van der Waals surface area (Å²) >= 11 is 0. The Bertz CT molecular complexity index is 706. The van der Waals surface area contributed by atoms with Crippen molar-refractivity contribution in [2.75, 3.05) is 19.7 Å². The van der Waals surface area contributed by atoms with E-state index in [-0.39, 0.29) is 17.6 Å². The van der Waals surface area contributed by atoms with Crippen molar-refractivity contribution >= 4 is 12.1 Å². The highest BCUT2D eigenvalue weighted by Crippen LogP contribution is 2.54. The van der Waals surface area contributed by atoms with Crippen LogP contribution in [0.3, 0.4) is 0 Å². The van der Waals surface area contributed by atoms with E-state index in [2.05, 4.69) is 10.3 Å². The Hall–Kier alpha value is -2.12. The number of piperidine rings is 1. The van der Waals surface area contributed by atoms with E-state index >= 15 is 0 Å². The van der Waals surface area contributed by atoms with Crippen LogP contribution >= 0.6 is 0 Å². The van der Waals surface area contributed by atoms with Gasteiger partial charge < -0.3 is 14.4 Å². The number of nitrogens with zero attached hydrogens (tertiary/aromatic N) is 4. The van der Waals surface area contributed by atoms with Crippen molar-refractivity contribution in [1.82, 2.24) is 19.9 Å². The molecule has 0 atom stereocenters. The number of likely N-dealkylation sites (tertiary alicyclic amines) is 1. The van der Waals surface area contributed by atoms with E-state index in [9.17, 15) is 9.59 Å². The van der Waals surface area contributed by atoms with E-state index in [1.807, 2.05) is 37.3 Å². The summed E-state index contributed by atoms with van der Waals surface area (Å²) in [7, 11) is 0. The lowest BCUT2D eigenvalue weighted by molar-refractivity contribution is -0.0265. The van der Waals surface area contributed by atoms with E-state index in [1.54, 1.807) is 6.92 Å². The van der Waals surface area contributed by atoms with Crippen LogP contribution in [-0.4, -0.2) is 57.3 Å². The lowest BCUT2D eigenvalue weighted by atomic mass is 9.60. The standard InChI is InChI=1S/C19H30N4O4/c1-6-26-16(24)15-13(2)23(21-20-15)14-11-19(12-14)7-9-22(10-8-19)17(25)27-18(3,4)5/h14H,6-12H2,1-5H3. The lowest BCUT2D eigenvalue weighted by Gasteiger charge is -2.52. The van der Waals surface area contributed by atoms with E-state index < -0.39 is 11.6 Å². The van der Waals surface area contributed by atoms with Gasteiger partial charge in [-0.3, -0.25) is 0 Å². The summed E-state index contributed by atoms with van der Waals surface area (Å²) in [5, 5.41) is 8.19. The molecule has 0 bridgehead atoms. The average Bonchev–Trinajstić information content (AvgIpc) is 2.92. The monoisotopic (exact) mass is 378 g/mol. The SMILES string of the molecule is CCOC(=O)c1nnn(C2CC3(CCN(C(=O)OC(C)(C)C)CC3)C2)c1C. The molecule has 1 aromatic heterocycles. The first-order valence-corrected chi connectivity index (χ1v) is 9.71. The predicted octanol–water partition coefficient (Wildman–Crippen LogP) is 3.12. The number of hydrogen-bond donors (Lipinski definition) is 0. The van der Waals surface area contributed by atoms with Crippen LogP contribution in [0.2, 0.25) is 0 Å². The number of amides is 1. The number of ether oxygens (including phenoxy) is 2. The summed E-state index contributed by atoms with van der Waals surface area (Å²) in [4.78, 5) is 25.9. The Morgan fingerprint density at radius 2 is 1.85 bits per heavy atom. The molecular weight excluding hydrogens is 348 g/mol. The highest BCUT2D eigenvalue weighted by molar-refractivity contribution is 5.88. The zero-order chi connectivity index (χ0) is 19.8. The summed E-state index contributed by atoms with van der Waals surface area (Å²) in [6.45, 7) is 11.1. The molecule has 1 aromatic rings.